The second kappa shape index (κ2) is 9.53. The maximum atomic E-state index is 12.7. The van der Waals surface area contributed by atoms with Gasteiger partial charge in [-0.25, -0.2) is 8.42 Å². The van der Waals surface area contributed by atoms with Crippen molar-refractivity contribution >= 4 is 21.8 Å². The van der Waals surface area contributed by atoms with Gasteiger partial charge in [-0.15, -0.1) is 0 Å². The second-order valence-corrected chi connectivity index (χ2v) is 8.08. The molecule has 0 heterocycles. The number of nitrogens with zero attached hydrogens (tertiary/aromatic N) is 2. The lowest BCUT2D eigenvalue weighted by Gasteiger charge is -2.30. The first kappa shape index (κ1) is 21.1. The number of hydrogen-bond donors (Lipinski definition) is 1. The predicted molar refractivity (Wildman–Crippen MR) is 97.2 cm³/mol. The van der Waals surface area contributed by atoms with E-state index in [1.165, 1.54) is 11.9 Å². The molecular weight excluding hydrogens is 342 g/mol. The minimum Gasteiger partial charge on any atom is -0.354 e. The summed E-state index contributed by atoms with van der Waals surface area (Å²) in [5, 5.41) is 2.77. The van der Waals surface area contributed by atoms with Crippen molar-refractivity contribution in [1.29, 1.82) is 0 Å². The van der Waals surface area contributed by atoms with Gasteiger partial charge in [0.15, 0.2) is 0 Å². The molecule has 1 aromatic carbocycles. The zero-order chi connectivity index (χ0) is 19.0. The smallest absolute Gasteiger partial charge is 0.242 e. The molecule has 8 heteroatoms. The number of benzene rings is 1. The third-order valence-electron chi connectivity index (χ3n) is 3.84. The first-order valence-electron chi connectivity index (χ1n) is 8.19. The molecule has 25 heavy (non-hydrogen) atoms. The van der Waals surface area contributed by atoms with Crippen LogP contribution in [0.4, 0.5) is 0 Å². The van der Waals surface area contributed by atoms with E-state index >= 15 is 0 Å². The van der Waals surface area contributed by atoms with Gasteiger partial charge in [0.2, 0.25) is 21.8 Å². The fourth-order valence-corrected chi connectivity index (χ4v) is 2.50. The summed E-state index contributed by atoms with van der Waals surface area (Å²) in [5.41, 5.74) is 0.869. The molecule has 0 aliphatic heterocycles. The number of likely N-dealkylation sites (N-methyl/N-ethyl adjacent to an activating group) is 1. The Balaban J connectivity index is 2.97. The van der Waals surface area contributed by atoms with Gasteiger partial charge in [0.1, 0.15) is 6.04 Å². The van der Waals surface area contributed by atoms with Gasteiger partial charge in [-0.05, 0) is 18.9 Å². The lowest BCUT2D eigenvalue weighted by atomic mass is 10.1. The van der Waals surface area contributed by atoms with Crippen LogP contribution in [0.15, 0.2) is 30.3 Å². The SMILES string of the molecule is CCCNC(=O)C(C)N(Cc1ccccc1)C(=O)CN(C)S(C)(=O)=O. The van der Waals surface area contributed by atoms with E-state index in [1.807, 2.05) is 37.3 Å². The minimum absolute atomic E-state index is 0.234. The summed E-state index contributed by atoms with van der Waals surface area (Å²) in [5.74, 6) is -0.677. The highest BCUT2D eigenvalue weighted by Gasteiger charge is 2.28. The van der Waals surface area contributed by atoms with Crippen molar-refractivity contribution in [3.8, 4) is 0 Å². The molecule has 0 saturated carbocycles. The molecule has 1 aromatic rings. The minimum atomic E-state index is -3.48. The highest BCUT2D eigenvalue weighted by Crippen LogP contribution is 2.10. The number of carbonyl (C=O) groups excluding carboxylic acids is 2. The molecule has 1 atom stereocenters. The Morgan fingerprint density at radius 1 is 1.20 bits per heavy atom. The molecule has 1 N–H and O–H groups in total. The first-order valence-corrected chi connectivity index (χ1v) is 10.0. The van der Waals surface area contributed by atoms with Gasteiger partial charge in [0, 0.05) is 20.1 Å². The van der Waals surface area contributed by atoms with Crippen molar-refractivity contribution in [3.05, 3.63) is 35.9 Å². The molecule has 0 saturated heterocycles. The van der Waals surface area contributed by atoms with Crippen molar-refractivity contribution in [2.75, 3.05) is 26.4 Å². The summed E-state index contributed by atoms with van der Waals surface area (Å²) in [6, 6.07) is 8.58. The molecule has 0 aliphatic carbocycles. The summed E-state index contributed by atoms with van der Waals surface area (Å²) in [6.07, 6.45) is 1.83. The van der Waals surface area contributed by atoms with Gasteiger partial charge in [-0.3, -0.25) is 9.59 Å². The molecule has 0 bridgehead atoms. The van der Waals surface area contributed by atoms with E-state index in [9.17, 15) is 18.0 Å². The number of nitrogens with one attached hydrogen (secondary N) is 1. The number of sulfonamides is 1. The molecule has 0 fully saturated rings. The highest BCUT2D eigenvalue weighted by atomic mass is 32.2. The van der Waals surface area contributed by atoms with Crippen molar-refractivity contribution in [3.63, 3.8) is 0 Å². The van der Waals surface area contributed by atoms with Crippen LogP contribution in [-0.4, -0.2) is 61.9 Å². The van der Waals surface area contributed by atoms with E-state index in [1.54, 1.807) is 6.92 Å². The molecule has 7 nitrogen and oxygen atoms in total. The predicted octanol–water partition coefficient (Wildman–Crippen LogP) is 0.821. The largest absolute Gasteiger partial charge is 0.354 e. The topological polar surface area (TPSA) is 86.8 Å². The molecule has 0 radical (unpaired) electrons. The molecule has 0 aromatic heterocycles. The van der Waals surface area contributed by atoms with Crippen molar-refractivity contribution in [1.82, 2.24) is 14.5 Å². The van der Waals surface area contributed by atoms with Gasteiger partial charge in [0.05, 0.1) is 12.8 Å². The van der Waals surface area contributed by atoms with Crippen LogP contribution in [0.1, 0.15) is 25.8 Å². The van der Waals surface area contributed by atoms with E-state index < -0.39 is 22.0 Å². The summed E-state index contributed by atoms with van der Waals surface area (Å²) in [6.45, 7) is 4.04. The van der Waals surface area contributed by atoms with Crippen LogP contribution in [0, 0.1) is 0 Å². The van der Waals surface area contributed by atoms with Gasteiger partial charge in [-0.2, -0.15) is 4.31 Å². The van der Waals surface area contributed by atoms with Gasteiger partial charge in [0.25, 0.3) is 0 Å². The Morgan fingerprint density at radius 3 is 2.32 bits per heavy atom. The van der Waals surface area contributed by atoms with Gasteiger partial charge >= 0.3 is 0 Å². The maximum Gasteiger partial charge on any atom is 0.242 e. The Morgan fingerprint density at radius 2 is 1.80 bits per heavy atom. The van der Waals surface area contributed by atoms with Crippen LogP contribution in [0.3, 0.4) is 0 Å². The lowest BCUT2D eigenvalue weighted by Crippen LogP contribution is -2.50. The fraction of sp³-hybridized carbons (Fsp3) is 0.529. The number of rotatable bonds is 9. The number of hydrogen-bond acceptors (Lipinski definition) is 4. The van der Waals surface area contributed by atoms with Crippen LogP contribution in [0.5, 0.6) is 0 Å². The zero-order valence-corrected chi connectivity index (χ0v) is 16.0. The number of amides is 2. The van der Waals surface area contributed by atoms with Gasteiger partial charge in [-0.1, -0.05) is 37.3 Å². The highest BCUT2D eigenvalue weighted by molar-refractivity contribution is 7.88. The summed E-state index contributed by atoms with van der Waals surface area (Å²) >= 11 is 0. The molecule has 0 spiro atoms. The normalized spacial score (nSPS) is 12.7. The summed E-state index contributed by atoms with van der Waals surface area (Å²) in [4.78, 5) is 26.4. The first-order chi connectivity index (χ1) is 11.7. The average molecular weight is 369 g/mol. The van der Waals surface area contributed by atoms with E-state index in [0.29, 0.717) is 6.54 Å². The molecule has 2 amide bonds. The Hall–Kier alpha value is -1.93. The molecule has 1 rings (SSSR count). The van der Waals surface area contributed by atoms with Crippen molar-refractivity contribution in [2.24, 2.45) is 0 Å². The third kappa shape index (κ3) is 6.83. The standard InChI is InChI=1S/C17H27N3O4S/c1-5-11-18-17(22)14(2)20(12-15-9-7-6-8-10-15)16(21)13-19(3)25(4,23)24/h6-10,14H,5,11-13H2,1-4H3,(H,18,22). The maximum absolute atomic E-state index is 12.7. The molecule has 140 valence electrons. The van der Waals surface area contributed by atoms with E-state index in [0.717, 1.165) is 22.5 Å². The quantitative estimate of drug-likeness (QED) is 0.698. The van der Waals surface area contributed by atoms with E-state index in [4.69, 9.17) is 0 Å². The van der Waals surface area contributed by atoms with Crippen LogP contribution >= 0.6 is 0 Å². The third-order valence-corrected chi connectivity index (χ3v) is 5.10. The van der Waals surface area contributed by atoms with Crippen molar-refractivity contribution < 1.29 is 18.0 Å². The summed E-state index contributed by atoms with van der Waals surface area (Å²) in [7, 11) is -2.14. The lowest BCUT2D eigenvalue weighted by molar-refractivity contribution is -0.140. The van der Waals surface area contributed by atoms with Gasteiger partial charge < -0.3 is 10.2 Å². The van der Waals surface area contributed by atoms with Crippen LogP contribution in [0.25, 0.3) is 0 Å². The van der Waals surface area contributed by atoms with E-state index in [-0.39, 0.29) is 19.0 Å². The number of carbonyl (C=O) groups is 2. The zero-order valence-electron chi connectivity index (χ0n) is 15.2. The fourth-order valence-electron chi connectivity index (χ4n) is 2.16. The Bertz CT molecular complexity index is 676. The average Bonchev–Trinajstić information content (AvgIpc) is 2.56. The van der Waals surface area contributed by atoms with Crippen LogP contribution in [-0.2, 0) is 26.2 Å². The Kier molecular flexibility index (Phi) is 8.05. The van der Waals surface area contributed by atoms with Crippen LogP contribution in [0.2, 0.25) is 0 Å². The molecule has 1 unspecified atom stereocenters. The molecule has 0 aliphatic rings. The van der Waals surface area contributed by atoms with Crippen LogP contribution < -0.4 is 5.32 Å². The van der Waals surface area contributed by atoms with E-state index in [2.05, 4.69) is 5.32 Å². The second-order valence-electron chi connectivity index (χ2n) is 5.99. The monoisotopic (exact) mass is 369 g/mol. The Labute approximate surface area is 150 Å². The van der Waals surface area contributed by atoms with Crippen molar-refractivity contribution in [2.45, 2.75) is 32.9 Å². The summed E-state index contributed by atoms with van der Waals surface area (Å²) < 4.78 is 24.1. The molecular formula is C17H27N3O4S.